The molecule has 0 aliphatic heterocycles. The maximum atomic E-state index is 13.8. The van der Waals surface area contributed by atoms with Crippen molar-refractivity contribution < 1.29 is 8.78 Å². The van der Waals surface area contributed by atoms with E-state index in [1.807, 2.05) is 19.2 Å². The van der Waals surface area contributed by atoms with Crippen molar-refractivity contribution in [2.24, 2.45) is 0 Å². The highest BCUT2D eigenvalue weighted by molar-refractivity contribution is 5.83. The smallest absolute Gasteiger partial charge is 0.132 e. The second-order valence-electron chi connectivity index (χ2n) is 5.68. The molecule has 0 saturated heterocycles. The molecule has 0 fully saturated rings. The van der Waals surface area contributed by atoms with E-state index in [-0.39, 0.29) is 11.9 Å². The molecule has 0 bridgehead atoms. The topological polar surface area (TPSA) is 27.8 Å². The lowest BCUT2D eigenvalue weighted by Gasteiger charge is -2.19. The molecule has 2 nitrogen and oxygen atoms in total. The molecule has 0 saturated carbocycles. The van der Waals surface area contributed by atoms with E-state index in [9.17, 15) is 8.78 Å². The first-order chi connectivity index (χ1) is 8.87. The third-order valence-electron chi connectivity index (χ3n) is 3.13. The van der Waals surface area contributed by atoms with E-state index in [1.54, 1.807) is 6.07 Å². The minimum absolute atomic E-state index is 0.0913. The molecule has 0 aliphatic carbocycles. The Morgan fingerprint density at radius 1 is 1.37 bits per heavy atom. The largest absolute Gasteiger partial charge is 0.361 e. The van der Waals surface area contributed by atoms with Crippen LogP contribution in [0.25, 0.3) is 10.9 Å². The first-order valence-electron chi connectivity index (χ1n) is 6.53. The van der Waals surface area contributed by atoms with Gasteiger partial charge in [-0.05, 0) is 44.9 Å². The molecule has 2 N–H and O–H groups in total. The number of benzene rings is 1. The predicted octanol–water partition coefficient (Wildman–Crippen LogP) is 3.58. The minimum Gasteiger partial charge on any atom is -0.361 e. The van der Waals surface area contributed by atoms with Crippen molar-refractivity contribution in [3.8, 4) is 0 Å². The summed E-state index contributed by atoms with van der Waals surface area (Å²) >= 11 is 0. The number of aromatic amines is 1. The molecule has 2 aromatic rings. The lowest BCUT2D eigenvalue weighted by molar-refractivity contribution is 0.204. The lowest BCUT2D eigenvalue weighted by atomic mass is 10.0. The summed E-state index contributed by atoms with van der Waals surface area (Å²) in [5.41, 5.74) is 0.484. The van der Waals surface area contributed by atoms with E-state index in [4.69, 9.17) is 0 Å². The van der Waals surface area contributed by atoms with Gasteiger partial charge in [-0.3, -0.25) is 0 Å². The average Bonchev–Trinajstić information content (AvgIpc) is 2.70. The Balaban J connectivity index is 2.09. The molecule has 1 aromatic heterocycles. The van der Waals surface area contributed by atoms with Crippen LogP contribution < -0.4 is 5.32 Å². The van der Waals surface area contributed by atoms with Crippen LogP contribution in [0.1, 0.15) is 26.3 Å². The number of nitrogens with one attached hydrogen (secondary N) is 2. The Labute approximate surface area is 112 Å². The highest BCUT2D eigenvalue weighted by Gasteiger charge is 2.17. The number of hydrogen-bond acceptors (Lipinski definition) is 1. The van der Waals surface area contributed by atoms with E-state index in [0.29, 0.717) is 18.4 Å². The Morgan fingerprint density at radius 3 is 2.79 bits per heavy atom. The predicted molar refractivity (Wildman–Crippen MR) is 74.6 cm³/mol. The van der Waals surface area contributed by atoms with Crippen molar-refractivity contribution >= 4 is 10.9 Å². The maximum absolute atomic E-state index is 13.8. The number of halogens is 2. The molecule has 1 heterocycles. The number of fused-ring (bicyclic) bond motifs is 1. The number of aromatic nitrogens is 1. The van der Waals surface area contributed by atoms with Gasteiger partial charge in [0.2, 0.25) is 0 Å². The number of hydrogen-bond donors (Lipinski definition) is 2. The Kier molecular flexibility index (Phi) is 3.90. The van der Waals surface area contributed by atoms with Crippen LogP contribution in [0.15, 0.2) is 24.4 Å². The van der Waals surface area contributed by atoms with Gasteiger partial charge in [-0.15, -0.1) is 0 Å². The van der Waals surface area contributed by atoms with Crippen LogP contribution in [0.5, 0.6) is 0 Å². The zero-order valence-electron chi connectivity index (χ0n) is 11.6. The fourth-order valence-corrected chi connectivity index (χ4v) is 2.19. The summed E-state index contributed by atoms with van der Waals surface area (Å²) in [6.07, 6.45) is 2.49. The van der Waals surface area contributed by atoms with Gasteiger partial charge in [0.15, 0.2) is 0 Å². The minimum atomic E-state index is -1.24. The van der Waals surface area contributed by atoms with Crippen LogP contribution in [-0.4, -0.2) is 23.2 Å². The molecule has 4 heteroatoms. The van der Waals surface area contributed by atoms with Crippen molar-refractivity contribution in [1.82, 2.24) is 10.3 Å². The summed E-state index contributed by atoms with van der Waals surface area (Å²) in [5, 5.41) is 3.77. The van der Waals surface area contributed by atoms with E-state index in [0.717, 1.165) is 11.1 Å². The second kappa shape index (κ2) is 5.29. The van der Waals surface area contributed by atoms with Crippen LogP contribution in [-0.2, 0) is 6.42 Å². The highest BCUT2D eigenvalue weighted by atomic mass is 19.1. The SMILES string of the molecule is CC(Cc1c[nH]c2cccc(F)c12)NCC(C)(C)F. The van der Waals surface area contributed by atoms with Gasteiger partial charge in [-0.25, -0.2) is 8.78 Å². The van der Waals surface area contributed by atoms with E-state index in [1.165, 1.54) is 19.9 Å². The summed E-state index contributed by atoms with van der Waals surface area (Å²) < 4.78 is 27.2. The Hall–Kier alpha value is -1.42. The van der Waals surface area contributed by atoms with Crippen molar-refractivity contribution in [2.45, 2.75) is 38.9 Å². The van der Waals surface area contributed by atoms with Gasteiger partial charge < -0.3 is 10.3 Å². The molecule has 0 aliphatic rings. The fraction of sp³-hybridized carbons (Fsp3) is 0.467. The zero-order chi connectivity index (χ0) is 14.0. The first-order valence-corrected chi connectivity index (χ1v) is 6.53. The van der Waals surface area contributed by atoms with Crippen LogP contribution in [0.3, 0.4) is 0 Å². The normalized spacial score (nSPS) is 13.9. The average molecular weight is 266 g/mol. The van der Waals surface area contributed by atoms with Gasteiger partial charge in [0.25, 0.3) is 0 Å². The van der Waals surface area contributed by atoms with Gasteiger partial charge in [0.05, 0.1) is 0 Å². The number of H-pyrrole nitrogens is 1. The summed E-state index contributed by atoms with van der Waals surface area (Å²) in [6, 6.07) is 5.09. The summed E-state index contributed by atoms with van der Waals surface area (Å²) in [6.45, 7) is 5.35. The summed E-state index contributed by atoms with van der Waals surface area (Å²) in [5.74, 6) is -0.216. The molecule has 0 radical (unpaired) electrons. The molecule has 1 aromatic carbocycles. The van der Waals surface area contributed by atoms with Gasteiger partial charge >= 0.3 is 0 Å². The fourth-order valence-electron chi connectivity index (χ4n) is 2.19. The standard InChI is InChI=1S/C15H20F2N2/c1-10(19-9-15(2,3)17)7-11-8-18-13-6-4-5-12(16)14(11)13/h4-6,8,10,18-19H,7,9H2,1-3H3. The number of alkyl halides is 1. The number of rotatable bonds is 5. The maximum Gasteiger partial charge on any atom is 0.132 e. The zero-order valence-corrected chi connectivity index (χ0v) is 11.6. The molecule has 0 spiro atoms. The van der Waals surface area contributed by atoms with Gasteiger partial charge in [-0.2, -0.15) is 0 Å². The highest BCUT2D eigenvalue weighted by Crippen LogP contribution is 2.22. The Bertz CT molecular complexity index is 555. The second-order valence-corrected chi connectivity index (χ2v) is 5.68. The molecule has 19 heavy (non-hydrogen) atoms. The van der Waals surface area contributed by atoms with Crippen LogP contribution in [0.4, 0.5) is 8.78 Å². The third kappa shape index (κ3) is 3.53. The van der Waals surface area contributed by atoms with Crippen LogP contribution in [0.2, 0.25) is 0 Å². The monoisotopic (exact) mass is 266 g/mol. The quantitative estimate of drug-likeness (QED) is 0.850. The molecular formula is C15H20F2N2. The third-order valence-corrected chi connectivity index (χ3v) is 3.13. The van der Waals surface area contributed by atoms with E-state index in [2.05, 4.69) is 10.3 Å². The van der Waals surface area contributed by atoms with Gasteiger partial charge in [0, 0.05) is 29.7 Å². The summed E-state index contributed by atoms with van der Waals surface area (Å²) in [4.78, 5) is 3.06. The lowest BCUT2D eigenvalue weighted by Crippen LogP contribution is -2.37. The van der Waals surface area contributed by atoms with Crippen LogP contribution in [0, 0.1) is 5.82 Å². The molecule has 1 atom stereocenters. The van der Waals surface area contributed by atoms with E-state index < -0.39 is 5.67 Å². The Morgan fingerprint density at radius 2 is 2.11 bits per heavy atom. The first kappa shape index (κ1) is 14.0. The molecule has 0 amide bonds. The molecule has 2 rings (SSSR count). The van der Waals surface area contributed by atoms with Gasteiger partial charge in [0.1, 0.15) is 11.5 Å². The van der Waals surface area contributed by atoms with E-state index >= 15 is 0 Å². The van der Waals surface area contributed by atoms with Crippen molar-refractivity contribution in [2.75, 3.05) is 6.54 Å². The van der Waals surface area contributed by atoms with Crippen molar-refractivity contribution in [3.63, 3.8) is 0 Å². The summed E-state index contributed by atoms with van der Waals surface area (Å²) in [7, 11) is 0. The molecule has 104 valence electrons. The van der Waals surface area contributed by atoms with Gasteiger partial charge in [-0.1, -0.05) is 6.07 Å². The van der Waals surface area contributed by atoms with Crippen LogP contribution >= 0.6 is 0 Å². The van der Waals surface area contributed by atoms with Crippen molar-refractivity contribution in [3.05, 3.63) is 35.8 Å². The molecule has 1 unspecified atom stereocenters. The van der Waals surface area contributed by atoms with Crippen molar-refractivity contribution in [1.29, 1.82) is 0 Å². The molecular weight excluding hydrogens is 246 g/mol.